The number of carbonyl (C=O) groups is 1. The van der Waals surface area contributed by atoms with Crippen molar-refractivity contribution in [2.75, 3.05) is 23.0 Å². The molecule has 5 rings (SSSR count). The first-order valence-electron chi connectivity index (χ1n) is 12.4. The van der Waals surface area contributed by atoms with Crippen LogP contribution in [0.2, 0.25) is 0 Å². The number of hydrogen-bond acceptors (Lipinski definition) is 5. The van der Waals surface area contributed by atoms with Crippen LogP contribution in [0, 0.1) is 0 Å². The van der Waals surface area contributed by atoms with Gasteiger partial charge in [0.2, 0.25) is 11.9 Å². The number of carbonyl (C=O) groups excluding carboxylic acids is 1. The summed E-state index contributed by atoms with van der Waals surface area (Å²) in [4.78, 5) is 24.0. The van der Waals surface area contributed by atoms with Gasteiger partial charge in [-0.05, 0) is 28.8 Å². The smallest absolute Gasteiger partial charge is 0.234 e. The van der Waals surface area contributed by atoms with E-state index < -0.39 is 4.75 Å². The molecular weight excluding hydrogens is 488 g/mol. The predicted molar refractivity (Wildman–Crippen MR) is 157 cm³/mol. The van der Waals surface area contributed by atoms with Crippen LogP contribution >= 0.6 is 11.8 Å². The van der Waals surface area contributed by atoms with Crippen LogP contribution in [0.25, 0.3) is 0 Å². The van der Waals surface area contributed by atoms with Gasteiger partial charge in [-0.25, -0.2) is 9.97 Å². The van der Waals surface area contributed by atoms with Crippen molar-refractivity contribution < 1.29 is 4.79 Å². The van der Waals surface area contributed by atoms with E-state index in [9.17, 15) is 4.79 Å². The molecule has 0 radical (unpaired) electrons. The summed E-state index contributed by atoms with van der Waals surface area (Å²) < 4.78 is -0.556. The Morgan fingerprint density at radius 3 is 1.58 bits per heavy atom. The van der Waals surface area contributed by atoms with Gasteiger partial charge in [0.05, 0.1) is 28.6 Å². The lowest BCUT2D eigenvalue weighted by atomic mass is 9.84. The van der Waals surface area contributed by atoms with Gasteiger partial charge in [0, 0.05) is 12.7 Å². The molecule has 1 aromatic heterocycles. The third kappa shape index (κ3) is 5.45. The number of amides is 1. The van der Waals surface area contributed by atoms with Gasteiger partial charge in [-0.1, -0.05) is 109 Å². The van der Waals surface area contributed by atoms with Crippen molar-refractivity contribution in [3.8, 4) is 0 Å². The molecule has 0 unspecified atom stereocenters. The second-order valence-corrected chi connectivity index (χ2v) is 9.97. The molecule has 4 aromatic carbocycles. The number of anilines is 3. The van der Waals surface area contributed by atoms with Crippen molar-refractivity contribution >= 4 is 35.0 Å². The SMILES string of the molecule is CN(c1ccccc1)c1ncc(NC(=O)CSC(c2ccccc2)(c2ccccc2)c2ccccc2)cn1. The molecule has 5 nitrogen and oxygen atoms in total. The monoisotopic (exact) mass is 516 g/mol. The Hall–Kier alpha value is -4.42. The van der Waals surface area contributed by atoms with E-state index in [1.165, 1.54) is 0 Å². The summed E-state index contributed by atoms with van der Waals surface area (Å²) in [7, 11) is 1.91. The van der Waals surface area contributed by atoms with E-state index in [2.05, 4.69) is 51.7 Å². The van der Waals surface area contributed by atoms with Crippen LogP contribution < -0.4 is 10.2 Å². The van der Waals surface area contributed by atoms with Crippen molar-refractivity contribution in [3.63, 3.8) is 0 Å². The van der Waals surface area contributed by atoms with E-state index in [0.717, 1.165) is 22.4 Å². The van der Waals surface area contributed by atoms with Crippen molar-refractivity contribution in [1.82, 2.24) is 9.97 Å². The molecule has 0 saturated heterocycles. The van der Waals surface area contributed by atoms with Gasteiger partial charge in [0.25, 0.3) is 0 Å². The van der Waals surface area contributed by atoms with Crippen LogP contribution in [0.4, 0.5) is 17.3 Å². The van der Waals surface area contributed by atoms with Gasteiger partial charge >= 0.3 is 0 Å². The predicted octanol–water partition coefficient (Wildman–Crippen LogP) is 6.91. The third-order valence-electron chi connectivity index (χ3n) is 6.33. The molecule has 0 spiro atoms. The molecule has 0 aliphatic heterocycles. The van der Waals surface area contributed by atoms with Crippen molar-refractivity contribution in [1.29, 1.82) is 0 Å². The lowest BCUT2D eigenvalue weighted by Gasteiger charge is -2.35. The maximum absolute atomic E-state index is 13.2. The molecule has 5 aromatic rings. The molecule has 1 amide bonds. The Kier molecular flexibility index (Phi) is 7.81. The third-order valence-corrected chi connectivity index (χ3v) is 7.87. The molecule has 1 heterocycles. The van der Waals surface area contributed by atoms with E-state index in [0.29, 0.717) is 11.6 Å². The van der Waals surface area contributed by atoms with Crippen LogP contribution in [-0.2, 0) is 9.54 Å². The molecule has 6 heteroatoms. The molecule has 38 heavy (non-hydrogen) atoms. The van der Waals surface area contributed by atoms with Crippen LogP contribution in [0.5, 0.6) is 0 Å². The Morgan fingerprint density at radius 1 is 0.711 bits per heavy atom. The number of para-hydroxylation sites is 1. The first kappa shape index (κ1) is 25.2. The Morgan fingerprint density at radius 2 is 1.13 bits per heavy atom. The first-order chi connectivity index (χ1) is 18.7. The highest BCUT2D eigenvalue weighted by atomic mass is 32.2. The van der Waals surface area contributed by atoms with Crippen LogP contribution in [-0.4, -0.2) is 28.7 Å². The van der Waals surface area contributed by atoms with Gasteiger partial charge < -0.3 is 10.2 Å². The van der Waals surface area contributed by atoms with Crippen LogP contribution in [0.3, 0.4) is 0 Å². The van der Waals surface area contributed by atoms with Crippen molar-refractivity contribution in [2.45, 2.75) is 4.75 Å². The van der Waals surface area contributed by atoms with E-state index in [1.807, 2.05) is 96.9 Å². The highest BCUT2D eigenvalue weighted by Gasteiger charge is 2.37. The second kappa shape index (κ2) is 11.8. The summed E-state index contributed by atoms with van der Waals surface area (Å²) in [5.41, 5.74) is 4.90. The Balaban J connectivity index is 1.38. The molecule has 0 saturated carbocycles. The van der Waals surface area contributed by atoms with Gasteiger partial charge in [0.15, 0.2) is 0 Å². The molecular formula is C32H28N4OS. The van der Waals surface area contributed by atoms with Crippen LogP contribution in [0.1, 0.15) is 16.7 Å². The summed E-state index contributed by atoms with van der Waals surface area (Å²) >= 11 is 1.60. The maximum Gasteiger partial charge on any atom is 0.234 e. The Labute approximate surface area is 227 Å². The molecule has 0 aliphatic rings. The minimum Gasteiger partial charge on any atom is -0.323 e. The molecule has 0 atom stereocenters. The minimum atomic E-state index is -0.556. The summed E-state index contributed by atoms with van der Waals surface area (Å²) in [6.07, 6.45) is 3.28. The fourth-order valence-corrected chi connectivity index (χ4v) is 5.79. The highest BCUT2D eigenvalue weighted by molar-refractivity contribution is 8.01. The number of nitrogens with one attached hydrogen (secondary N) is 1. The minimum absolute atomic E-state index is 0.116. The molecule has 0 bridgehead atoms. The highest BCUT2D eigenvalue weighted by Crippen LogP contribution is 2.48. The van der Waals surface area contributed by atoms with Gasteiger partial charge in [0.1, 0.15) is 0 Å². The van der Waals surface area contributed by atoms with Gasteiger partial charge in [-0.15, -0.1) is 11.8 Å². The standard InChI is InChI=1S/C32H28N4OS/c1-36(29-20-12-5-13-21-29)31-33-22-28(23-34-31)35-30(37)24-38-32(25-14-6-2-7-15-25,26-16-8-3-9-17-26)27-18-10-4-11-19-27/h2-23H,24H2,1H3,(H,35,37). The van der Waals surface area contributed by atoms with E-state index >= 15 is 0 Å². The van der Waals surface area contributed by atoms with E-state index in [-0.39, 0.29) is 11.7 Å². The zero-order chi connectivity index (χ0) is 26.2. The quantitative estimate of drug-likeness (QED) is 0.216. The fraction of sp³-hybridized carbons (Fsp3) is 0.0938. The summed E-state index contributed by atoms with van der Waals surface area (Å²) in [5, 5.41) is 2.97. The number of benzene rings is 4. The molecule has 0 aliphatic carbocycles. The average Bonchev–Trinajstić information content (AvgIpc) is 3.00. The van der Waals surface area contributed by atoms with Crippen LogP contribution in [0.15, 0.2) is 134 Å². The molecule has 188 valence electrons. The normalized spacial score (nSPS) is 11.1. The lowest BCUT2D eigenvalue weighted by molar-refractivity contribution is -0.113. The number of aromatic nitrogens is 2. The molecule has 1 N–H and O–H groups in total. The van der Waals surface area contributed by atoms with Crippen molar-refractivity contribution in [2.24, 2.45) is 0 Å². The zero-order valence-corrected chi connectivity index (χ0v) is 21.9. The van der Waals surface area contributed by atoms with E-state index in [4.69, 9.17) is 0 Å². The van der Waals surface area contributed by atoms with Gasteiger partial charge in [-0.3, -0.25) is 4.79 Å². The second-order valence-electron chi connectivity index (χ2n) is 8.78. The summed E-state index contributed by atoms with van der Waals surface area (Å²) in [6, 6.07) is 41.0. The average molecular weight is 517 g/mol. The van der Waals surface area contributed by atoms with Crippen molar-refractivity contribution in [3.05, 3.63) is 150 Å². The Bertz CT molecular complexity index is 1350. The maximum atomic E-state index is 13.2. The molecule has 0 fully saturated rings. The number of nitrogens with zero attached hydrogens (tertiary/aromatic N) is 3. The topological polar surface area (TPSA) is 58.1 Å². The van der Waals surface area contributed by atoms with Gasteiger partial charge in [-0.2, -0.15) is 0 Å². The first-order valence-corrected chi connectivity index (χ1v) is 13.4. The number of thioether (sulfide) groups is 1. The largest absolute Gasteiger partial charge is 0.323 e. The van der Waals surface area contributed by atoms with E-state index in [1.54, 1.807) is 24.2 Å². The fourth-order valence-electron chi connectivity index (χ4n) is 4.47. The number of rotatable bonds is 9. The number of hydrogen-bond donors (Lipinski definition) is 1. The lowest BCUT2D eigenvalue weighted by Crippen LogP contribution is -2.28. The summed E-state index contributed by atoms with van der Waals surface area (Å²) in [5.74, 6) is 0.680. The summed E-state index contributed by atoms with van der Waals surface area (Å²) in [6.45, 7) is 0. The zero-order valence-electron chi connectivity index (χ0n) is 21.1.